The van der Waals surface area contributed by atoms with Gasteiger partial charge in [0.25, 0.3) is 0 Å². The minimum absolute atomic E-state index is 0.256. The van der Waals surface area contributed by atoms with Crippen molar-refractivity contribution in [2.75, 3.05) is 32.7 Å². The zero-order valence-electron chi connectivity index (χ0n) is 15.1. The fraction of sp³-hybridized carbons (Fsp3) is 0.500. The van der Waals surface area contributed by atoms with Crippen molar-refractivity contribution in [3.63, 3.8) is 0 Å². The Morgan fingerprint density at radius 1 is 1.16 bits per heavy atom. The Morgan fingerprint density at radius 2 is 1.92 bits per heavy atom. The van der Waals surface area contributed by atoms with Crippen LogP contribution in [0.4, 0.5) is 0 Å². The van der Waals surface area contributed by atoms with Crippen molar-refractivity contribution in [2.24, 2.45) is 0 Å². The number of rotatable bonds is 4. The van der Waals surface area contributed by atoms with Gasteiger partial charge in [-0.3, -0.25) is 14.4 Å². The van der Waals surface area contributed by atoms with Crippen LogP contribution in [0.15, 0.2) is 36.4 Å². The molecule has 132 valence electrons. The summed E-state index contributed by atoms with van der Waals surface area (Å²) < 4.78 is 2.07. The van der Waals surface area contributed by atoms with Crippen LogP contribution in [0.3, 0.4) is 0 Å². The highest BCUT2D eigenvalue weighted by Gasteiger charge is 2.34. The first-order valence-corrected chi connectivity index (χ1v) is 9.18. The first kappa shape index (κ1) is 16.3. The molecule has 5 heteroatoms. The molecular formula is C20H26N4O. The monoisotopic (exact) mass is 338 g/mol. The summed E-state index contributed by atoms with van der Waals surface area (Å²) in [6, 6.07) is 13.1. The van der Waals surface area contributed by atoms with Crippen molar-refractivity contribution < 1.29 is 4.79 Å². The average Bonchev–Trinajstić information content (AvgIpc) is 3.14. The van der Waals surface area contributed by atoms with Crippen LogP contribution in [0, 0.1) is 13.8 Å². The Labute approximate surface area is 149 Å². The lowest BCUT2D eigenvalue weighted by atomic mass is 9.99. The van der Waals surface area contributed by atoms with Gasteiger partial charge in [-0.05, 0) is 44.4 Å². The number of likely N-dealkylation sites (tertiary alicyclic amines) is 2. The molecule has 3 heterocycles. The molecule has 25 heavy (non-hydrogen) atoms. The second kappa shape index (κ2) is 6.64. The Kier molecular flexibility index (Phi) is 4.34. The molecule has 1 unspecified atom stereocenters. The molecule has 1 amide bonds. The molecule has 0 radical (unpaired) electrons. The van der Waals surface area contributed by atoms with Crippen molar-refractivity contribution in [1.29, 1.82) is 0 Å². The van der Waals surface area contributed by atoms with Crippen LogP contribution in [-0.2, 0) is 4.79 Å². The summed E-state index contributed by atoms with van der Waals surface area (Å²) >= 11 is 0. The van der Waals surface area contributed by atoms with E-state index in [9.17, 15) is 4.79 Å². The van der Waals surface area contributed by atoms with E-state index in [0.717, 1.165) is 38.3 Å². The summed E-state index contributed by atoms with van der Waals surface area (Å²) in [5.74, 6) is 0.819. The maximum absolute atomic E-state index is 12.5. The van der Waals surface area contributed by atoms with E-state index in [1.807, 2.05) is 11.8 Å². The molecule has 2 aromatic rings. The number of aryl methyl sites for hydroxylation is 2. The Morgan fingerprint density at radius 3 is 2.60 bits per heavy atom. The van der Waals surface area contributed by atoms with Gasteiger partial charge in [-0.1, -0.05) is 30.3 Å². The van der Waals surface area contributed by atoms with E-state index in [1.165, 1.54) is 11.3 Å². The normalized spacial score (nSPS) is 21.5. The summed E-state index contributed by atoms with van der Waals surface area (Å²) in [7, 11) is 0. The van der Waals surface area contributed by atoms with Gasteiger partial charge in [-0.2, -0.15) is 5.10 Å². The summed E-state index contributed by atoms with van der Waals surface area (Å²) in [6.45, 7) is 8.23. The smallest absolute Gasteiger partial charge is 0.236 e. The zero-order chi connectivity index (χ0) is 17.4. The Balaban J connectivity index is 1.27. The minimum atomic E-state index is 0.256. The van der Waals surface area contributed by atoms with E-state index in [0.29, 0.717) is 18.5 Å². The number of amides is 1. The molecule has 0 saturated carbocycles. The van der Waals surface area contributed by atoms with Crippen LogP contribution in [-0.4, -0.2) is 58.2 Å². The van der Waals surface area contributed by atoms with Crippen molar-refractivity contribution in [2.45, 2.75) is 32.2 Å². The van der Waals surface area contributed by atoms with Gasteiger partial charge in [0.05, 0.1) is 18.3 Å². The van der Waals surface area contributed by atoms with Crippen LogP contribution in [0.25, 0.3) is 0 Å². The van der Waals surface area contributed by atoms with Crippen molar-refractivity contribution >= 4 is 5.91 Å². The number of aromatic nitrogens is 2. The molecule has 2 saturated heterocycles. The van der Waals surface area contributed by atoms with Gasteiger partial charge in [0.15, 0.2) is 0 Å². The molecule has 2 fully saturated rings. The predicted molar refractivity (Wildman–Crippen MR) is 97.6 cm³/mol. The highest BCUT2D eigenvalue weighted by molar-refractivity contribution is 5.79. The molecule has 2 aliphatic rings. The molecule has 1 atom stereocenters. The molecule has 0 N–H and O–H groups in total. The van der Waals surface area contributed by atoms with Gasteiger partial charge >= 0.3 is 0 Å². The predicted octanol–water partition coefficient (Wildman–Crippen LogP) is 2.37. The first-order valence-electron chi connectivity index (χ1n) is 9.18. The van der Waals surface area contributed by atoms with Gasteiger partial charge in [0.1, 0.15) is 0 Å². The number of nitrogens with zero attached hydrogens (tertiary/aromatic N) is 4. The maximum Gasteiger partial charge on any atom is 0.236 e. The molecule has 0 aliphatic carbocycles. The largest absolute Gasteiger partial charge is 0.337 e. The van der Waals surface area contributed by atoms with E-state index in [2.05, 4.69) is 58.0 Å². The van der Waals surface area contributed by atoms with Crippen LogP contribution in [0.2, 0.25) is 0 Å². The lowest BCUT2D eigenvalue weighted by molar-refractivity contribution is -0.138. The molecule has 1 aromatic heterocycles. The third-order valence-electron chi connectivity index (χ3n) is 5.51. The van der Waals surface area contributed by atoms with Crippen molar-refractivity contribution in [3.8, 4) is 0 Å². The van der Waals surface area contributed by atoms with E-state index < -0.39 is 0 Å². The van der Waals surface area contributed by atoms with E-state index in [1.54, 1.807) is 0 Å². The molecule has 0 bridgehead atoms. The quantitative estimate of drug-likeness (QED) is 0.859. The third-order valence-corrected chi connectivity index (χ3v) is 5.51. The van der Waals surface area contributed by atoms with Crippen LogP contribution >= 0.6 is 0 Å². The minimum Gasteiger partial charge on any atom is -0.337 e. The SMILES string of the molecule is Cc1cc(C)n(C2CN(C(=O)CN3CCC(c4ccccc4)C3)C2)n1. The third kappa shape index (κ3) is 3.33. The van der Waals surface area contributed by atoms with Gasteiger partial charge < -0.3 is 4.90 Å². The van der Waals surface area contributed by atoms with E-state index in [-0.39, 0.29) is 5.91 Å². The molecule has 4 rings (SSSR count). The molecule has 0 spiro atoms. The standard InChI is InChI=1S/C20H26N4O/c1-15-10-16(2)24(21-15)19-12-23(13-19)20(25)14-22-9-8-18(11-22)17-6-4-3-5-7-17/h3-7,10,18-19H,8-9,11-14H2,1-2H3. The number of benzene rings is 1. The average molecular weight is 338 g/mol. The van der Waals surface area contributed by atoms with Crippen LogP contribution in [0.5, 0.6) is 0 Å². The lowest BCUT2D eigenvalue weighted by Crippen LogP contribution is -2.53. The molecule has 1 aromatic carbocycles. The summed E-state index contributed by atoms with van der Waals surface area (Å²) in [6.07, 6.45) is 1.14. The number of hydrogen-bond acceptors (Lipinski definition) is 3. The van der Waals surface area contributed by atoms with E-state index >= 15 is 0 Å². The van der Waals surface area contributed by atoms with Crippen molar-refractivity contribution in [3.05, 3.63) is 53.3 Å². The highest BCUT2D eigenvalue weighted by Crippen LogP contribution is 2.28. The topological polar surface area (TPSA) is 41.4 Å². The summed E-state index contributed by atoms with van der Waals surface area (Å²) in [5, 5.41) is 4.54. The Bertz CT molecular complexity index is 748. The summed E-state index contributed by atoms with van der Waals surface area (Å²) in [4.78, 5) is 16.8. The fourth-order valence-electron chi connectivity index (χ4n) is 4.09. The zero-order valence-corrected chi connectivity index (χ0v) is 15.1. The second-order valence-electron chi connectivity index (χ2n) is 7.46. The van der Waals surface area contributed by atoms with Gasteiger partial charge in [0.2, 0.25) is 5.91 Å². The number of carbonyl (C=O) groups is 1. The maximum atomic E-state index is 12.5. The molecular weight excluding hydrogens is 312 g/mol. The lowest BCUT2D eigenvalue weighted by Gasteiger charge is -2.40. The van der Waals surface area contributed by atoms with E-state index in [4.69, 9.17) is 0 Å². The molecule has 2 aliphatic heterocycles. The number of carbonyl (C=O) groups excluding carboxylic acids is 1. The Hall–Kier alpha value is -2.14. The van der Waals surface area contributed by atoms with Gasteiger partial charge in [-0.15, -0.1) is 0 Å². The summed E-state index contributed by atoms with van der Waals surface area (Å²) in [5.41, 5.74) is 3.62. The highest BCUT2D eigenvalue weighted by atomic mass is 16.2. The van der Waals surface area contributed by atoms with Gasteiger partial charge in [0, 0.05) is 25.3 Å². The number of hydrogen-bond donors (Lipinski definition) is 0. The fourth-order valence-corrected chi connectivity index (χ4v) is 4.09. The molecule has 5 nitrogen and oxygen atoms in total. The first-order chi connectivity index (χ1) is 12.1. The van der Waals surface area contributed by atoms with Gasteiger partial charge in [-0.25, -0.2) is 0 Å². The van der Waals surface area contributed by atoms with Crippen molar-refractivity contribution in [1.82, 2.24) is 19.6 Å². The van der Waals surface area contributed by atoms with Crippen LogP contribution in [0.1, 0.15) is 35.3 Å². The van der Waals surface area contributed by atoms with Crippen LogP contribution < -0.4 is 0 Å². The second-order valence-corrected chi connectivity index (χ2v) is 7.46.